The Morgan fingerprint density at radius 1 is 1.19 bits per heavy atom. The maximum Gasteiger partial charge on any atom is 0.434 e. The molecule has 0 radical (unpaired) electrons. The lowest BCUT2D eigenvalue weighted by Gasteiger charge is -2.21. The fourth-order valence-corrected chi connectivity index (χ4v) is 2.65. The molecule has 0 unspecified atom stereocenters. The smallest absolute Gasteiger partial charge is 0.355 e. The SMILES string of the molecule is C=C1C=C(c2ccnc(NC(C)=O)c2)C=C(c2cccnc2C(F)(F)F)N1. The van der Waals surface area contributed by atoms with Crippen LogP contribution in [0.3, 0.4) is 0 Å². The molecule has 3 heterocycles. The summed E-state index contributed by atoms with van der Waals surface area (Å²) in [6.07, 6.45) is 1.29. The van der Waals surface area contributed by atoms with E-state index in [1.165, 1.54) is 25.3 Å². The van der Waals surface area contributed by atoms with Gasteiger partial charge in [-0.1, -0.05) is 6.58 Å². The zero-order chi connectivity index (χ0) is 19.6. The van der Waals surface area contributed by atoms with Gasteiger partial charge in [0.2, 0.25) is 5.91 Å². The van der Waals surface area contributed by atoms with Gasteiger partial charge in [0.05, 0.1) is 0 Å². The van der Waals surface area contributed by atoms with Crippen LogP contribution in [0, 0.1) is 0 Å². The van der Waals surface area contributed by atoms with Crippen molar-refractivity contribution in [3.8, 4) is 0 Å². The van der Waals surface area contributed by atoms with Crippen molar-refractivity contribution in [3.63, 3.8) is 0 Å². The third-order valence-corrected chi connectivity index (χ3v) is 3.69. The van der Waals surface area contributed by atoms with Crippen molar-refractivity contribution >= 4 is 23.0 Å². The second-order valence-electron chi connectivity index (χ2n) is 5.82. The van der Waals surface area contributed by atoms with Gasteiger partial charge < -0.3 is 10.6 Å². The van der Waals surface area contributed by atoms with Crippen LogP contribution in [0.1, 0.15) is 23.7 Å². The van der Waals surface area contributed by atoms with Crippen molar-refractivity contribution in [2.75, 3.05) is 5.32 Å². The first-order chi connectivity index (χ1) is 12.7. The Bertz CT molecular complexity index is 977. The molecule has 0 aromatic carbocycles. The molecule has 0 fully saturated rings. The molecule has 27 heavy (non-hydrogen) atoms. The van der Waals surface area contributed by atoms with Crippen molar-refractivity contribution in [1.82, 2.24) is 15.3 Å². The molecule has 8 heteroatoms. The lowest BCUT2D eigenvalue weighted by Crippen LogP contribution is -2.19. The normalized spacial score (nSPS) is 14.1. The molecule has 2 aromatic rings. The molecular weight excluding hydrogens is 357 g/mol. The topological polar surface area (TPSA) is 66.9 Å². The number of nitrogens with zero attached hydrogens (tertiary/aromatic N) is 2. The minimum Gasteiger partial charge on any atom is -0.355 e. The zero-order valence-corrected chi connectivity index (χ0v) is 14.3. The Kier molecular flexibility index (Phi) is 4.81. The highest BCUT2D eigenvalue weighted by Gasteiger charge is 2.36. The fourth-order valence-electron chi connectivity index (χ4n) is 2.65. The van der Waals surface area contributed by atoms with E-state index in [-0.39, 0.29) is 17.2 Å². The van der Waals surface area contributed by atoms with Gasteiger partial charge in [-0.3, -0.25) is 9.78 Å². The molecule has 0 saturated heterocycles. The van der Waals surface area contributed by atoms with Crippen LogP contribution in [0.2, 0.25) is 0 Å². The van der Waals surface area contributed by atoms with Gasteiger partial charge in [0.1, 0.15) is 5.82 Å². The standard InChI is InChI=1S/C19H15F3N4O/c1-11-8-14(13-5-7-23-17(10-13)26-12(2)27)9-16(25-11)15-4-3-6-24-18(15)19(20,21)22/h3-10,25H,1H2,2H3,(H,23,26,27). The van der Waals surface area contributed by atoms with Gasteiger partial charge in [0.25, 0.3) is 0 Å². The molecule has 0 bridgehead atoms. The third kappa shape index (κ3) is 4.22. The lowest BCUT2D eigenvalue weighted by atomic mass is 9.98. The van der Waals surface area contributed by atoms with Crippen molar-refractivity contribution < 1.29 is 18.0 Å². The minimum absolute atomic E-state index is 0.0760. The van der Waals surface area contributed by atoms with Crippen molar-refractivity contribution in [2.45, 2.75) is 13.1 Å². The average molecular weight is 372 g/mol. The quantitative estimate of drug-likeness (QED) is 0.855. The highest BCUT2D eigenvalue weighted by molar-refractivity contribution is 5.91. The van der Waals surface area contributed by atoms with Crippen LogP contribution in [0.25, 0.3) is 11.3 Å². The molecular formula is C19H15F3N4O. The Labute approximate surface area is 153 Å². The van der Waals surface area contributed by atoms with Crippen LogP contribution in [-0.2, 0) is 11.0 Å². The van der Waals surface area contributed by atoms with E-state index in [1.54, 1.807) is 24.3 Å². The Morgan fingerprint density at radius 3 is 2.67 bits per heavy atom. The largest absolute Gasteiger partial charge is 0.434 e. The highest BCUT2D eigenvalue weighted by Crippen LogP contribution is 2.35. The molecule has 1 aliphatic rings. The third-order valence-electron chi connectivity index (χ3n) is 3.69. The van der Waals surface area contributed by atoms with Crippen molar-refractivity contribution in [2.24, 2.45) is 0 Å². The summed E-state index contributed by atoms with van der Waals surface area (Å²) in [6.45, 7) is 5.17. The number of alkyl halides is 3. The van der Waals surface area contributed by atoms with Crippen molar-refractivity contribution in [1.29, 1.82) is 0 Å². The number of pyridine rings is 2. The molecule has 1 amide bonds. The number of aromatic nitrogens is 2. The maximum atomic E-state index is 13.3. The summed E-state index contributed by atoms with van der Waals surface area (Å²) in [5.41, 5.74) is 0.901. The van der Waals surface area contributed by atoms with Gasteiger partial charge in [0.15, 0.2) is 5.69 Å². The molecule has 3 rings (SSSR count). The summed E-state index contributed by atoms with van der Waals surface area (Å²) < 4.78 is 39.9. The second-order valence-corrected chi connectivity index (χ2v) is 5.82. The van der Waals surface area contributed by atoms with Crippen LogP contribution in [0.15, 0.2) is 61.1 Å². The molecule has 0 saturated carbocycles. The molecule has 5 nitrogen and oxygen atoms in total. The number of hydrogen-bond donors (Lipinski definition) is 2. The van der Waals surface area contributed by atoms with Crippen LogP contribution >= 0.6 is 0 Å². The molecule has 2 aromatic heterocycles. The number of allylic oxidation sites excluding steroid dienone is 3. The van der Waals surface area contributed by atoms with E-state index in [0.717, 1.165) is 6.20 Å². The van der Waals surface area contributed by atoms with E-state index in [4.69, 9.17) is 0 Å². The van der Waals surface area contributed by atoms with E-state index in [1.807, 2.05) is 0 Å². The van der Waals surface area contributed by atoms with Gasteiger partial charge >= 0.3 is 6.18 Å². The van der Waals surface area contributed by atoms with E-state index in [9.17, 15) is 18.0 Å². The number of amides is 1. The summed E-state index contributed by atoms with van der Waals surface area (Å²) in [4.78, 5) is 18.7. The summed E-state index contributed by atoms with van der Waals surface area (Å²) >= 11 is 0. The number of hydrogen-bond acceptors (Lipinski definition) is 4. The number of anilines is 1. The Morgan fingerprint density at radius 2 is 1.96 bits per heavy atom. The van der Waals surface area contributed by atoms with Gasteiger partial charge in [0, 0.05) is 36.3 Å². The van der Waals surface area contributed by atoms with Crippen molar-refractivity contribution in [3.05, 3.63) is 77.9 Å². The van der Waals surface area contributed by atoms with E-state index >= 15 is 0 Å². The van der Waals surface area contributed by atoms with Crippen LogP contribution in [0.4, 0.5) is 19.0 Å². The summed E-state index contributed by atoms with van der Waals surface area (Å²) in [7, 11) is 0. The van der Waals surface area contributed by atoms with Gasteiger partial charge in [-0.05, 0) is 47.6 Å². The van der Waals surface area contributed by atoms with Crippen LogP contribution in [-0.4, -0.2) is 15.9 Å². The number of nitrogens with one attached hydrogen (secondary N) is 2. The predicted octanol–water partition coefficient (Wildman–Crippen LogP) is 4.00. The summed E-state index contributed by atoms with van der Waals surface area (Å²) in [5.74, 6) is 0.0714. The first-order valence-electron chi connectivity index (χ1n) is 7.90. The second kappa shape index (κ2) is 7.06. The number of carbonyl (C=O) groups excluding carboxylic acids is 1. The number of halogens is 3. The molecule has 0 spiro atoms. The first-order valence-corrected chi connectivity index (χ1v) is 7.90. The molecule has 138 valence electrons. The van der Waals surface area contributed by atoms with Gasteiger partial charge in [-0.15, -0.1) is 0 Å². The molecule has 0 atom stereocenters. The van der Waals surface area contributed by atoms with E-state index in [2.05, 4.69) is 27.2 Å². The van der Waals surface area contributed by atoms with Gasteiger partial charge in [-0.2, -0.15) is 13.2 Å². The number of rotatable bonds is 3. The lowest BCUT2D eigenvalue weighted by molar-refractivity contribution is -0.141. The molecule has 1 aliphatic heterocycles. The molecule has 2 N–H and O–H groups in total. The zero-order valence-electron chi connectivity index (χ0n) is 14.3. The van der Waals surface area contributed by atoms with Crippen LogP contribution < -0.4 is 10.6 Å². The summed E-state index contributed by atoms with van der Waals surface area (Å²) in [6, 6.07) is 6.11. The average Bonchev–Trinajstić information content (AvgIpc) is 2.60. The van der Waals surface area contributed by atoms with Crippen LogP contribution in [0.5, 0.6) is 0 Å². The van der Waals surface area contributed by atoms with Gasteiger partial charge in [-0.25, -0.2) is 4.98 Å². The first kappa shape index (κ1) is 18.4. The van der Waals surface area contributed by atoms with E-state index in [0.29, 0.717) is 22.7 Å². The number of carbonyl (C=O) groups is 1. The monoisotopic (exact) mass is 372 g/mol. The maximum absolute atomic E-state index is 13.3. The predicted molar refractivity (Wildman–Crippen MR) is 96.0 cm³/mol. The summed E-state index contributed by atoms with van der Waals surface area (Å²) in [5, 5.41) is 5.43. The molecule has 0 aliphatic carbocycles. The fraction of sp³-hybridized carbons (Fsp3) is 0.105. The Balaban J connectivity index is 2.04. The van der Waals surface area contributed by atoms with E-state index < -0.39 is 11.9 Å². The highest BCUT2D eigenvalue weighted by atomic mass is 19.4. The minimum atomic E-state index is -4.59. The number of dihydropyridines is 1. The Hall–Kier alpha value is -3.42.